The molecule has 1 unspecified atom stereocenters. The van der Waals surface area contributed by atoms with Crippen LogP contribution in [0.4, 0.5) is 0 Å². The van der Waals surface area contributed by atoms with Crippen molar-refractivity contribution in [3.63, 3.8) is 0 Å². The van der Waals surface area contributed by atoms with Crippen molar-refractivity contribution < 1.29 is 23.9 Å². The molecule has 0 aliphatic heterocycles. The van der Waals surface area contributed by atoms with Crippen LogP contribution in [0.5, 0.6) is 0 Å². The van der Waals surface area contributed by atoms with Gasteiger partial charge in [-0.3, -0.25) is 9.59 Å². The van der Waals surface area contributed by atoms with Crippen LogP contribution >= 0.6 is 0 Å². The van der Waals surface area contributed by atoms with E-state index in [-0.39, 0.29) is 46.8 Å². The molecule has 0 aromatic rings. The Hall–Kier alpha value is -1.65. The van der Waals surface area contributed by atoms with Gasteiger partial charge in [0.05, 0.1) is 0 Å². The van der Waals surface area contributed by atoms with E-state index in [1.165, 1.54) is 19.4 Å². The summed E-state index contributed by atoms with van der Waals surface area (Å²) in [4.78, 5) is 35.1. The van der Waals surface area contributed by atoms with Gasteiger partial charge in [0.15, 0.2) is 0 Å². The monoisotopic (exact) mass is 402 g/mol. The first-order chi connectivity index (χ1) is 13.7. The molecule has 0 heterocycles. The van der Waals surface area contributed by atoms with Crippen LogP contribution in [0.3, 0.4) is 0 Å². The molecule has 160 valence electrons. The van der Waals surface area contributed by atoms with Crippen LogP contribution in [0.25, 0.3) is 0 Å². The minimum atomic E-state index is -0.245. The lowest BCUT2D eigenvalue weighted by atomic mass is 9.47. The molecule has 3 fully saturated rings. The number of esters is 2. The molecule has 0 amide bonds. The highest BCUT2D eigenvalue weighted by Crippen LogP contribution is 2.66. The van der Waals surface area contributed by atoms with E-state index in [4.69, 9.17) is 9.47 Å². The molecule has 5 heteroatoms. The van der Waals surface area contributed by atoms with Crippen LogP contribution in [-0.2, 0) is 23.9 Å². The molecule has 0 aromatic carbocycles. The van der Waals surface area contributed by atoms with Gasteiger partial charge in [0.1, 0.15) is 18.5 Å². The van der Waals surface area contributed by atoms with Crippen LogP contribution in [0, 0.1) is 34.5 Å². The molecule has 5 nitrogen and oxygen atoms in total. The number of aldehydes is 1. The summed E-state index contributed by atoms with van der Waals surface area (Å²) >= 11 is 0. The van der Waals surface area contributed by atoms with Gasteiger partial charge in [-0.05, 0) is 61.7 Å². The van der Waals surface area contributed by atoms with E-state index < -0.39 is 0 Å². The number of allylic oxidation sites excluding steroid dienone is 1. The Balaban J connectivity index is 1.62. The Morgan fingerprint density at radius 2 is 1.83 bits per heavy atom. The lowest BCUT2D eigenvalue weighted by Gasteiger charge is -2.58. The number of carbonyl (C=O) groups excluding carboxylic acids is 3. The summed E-state index contributed by atoms with van der Waals surface area (Å²) in [5.41, 5.74) is 1.44. The quantitative estimate of drug-likeness (QED) is 0.401. The maximum absolute atomic E-state index is 12.0. The van der Waals surface area contributed by atoms with Gasteiger partial charge in [0.25, 0.3) is 0 Å². The Bertz CT molecular complexity index is 742. The number of hydrogen-bond acceptors (Lipinski definition) is 5. The summed E-state index contributed by atoms with van der Waals surface area (Å²) in [6, 6.07) is 0. The second-order valence-corrected chi connectivity index (χ2v) is 10.3. The summed E-state index contributed by atoms with van der Waals surface area (Å²) < 4.78 is 11.2. The van der Waals surface area contributed by atoms with Crippen LogP contribution < -0.4 is 0 Å². The number of ether oxygens (including phenoxy) is 2. The lowest BCUT2D eigenvalue weighted by molar-refractivity contribution is -0.157. The van der Waals surface area contributed by atoms with Crippen molar-refractivity contribution in [2.45, 2.75) is 84.8 Å². The van der Waals surface area contributed by atoms with Crippen LogP contribution in [-0.4, -0.2) is 30.4 Å². The smallest absolute Gasteiger partial charge is 0.302 e. The van der Waals surface area contributed by atoms with Gasteiger partial charge < -0.3 is 14.3 Å². The third kappa shape index (κ3) is 3.25. The first-order valence-electron chi connectivity index (χ1n) is 11.2. The fraction of sp³-hybridized carbons (Fsp3) is 0.792. The predicted molar refractivity (Wildman–Crippen MR) is 108 cm³/mol. The van der Waals surface area contributed by atoms with Gasteiger partial charge in [-0.15, -0.1) is 0 Å². The first kappa shape index (κ1) is 20.6. The zero-order valence-electron chi connectivity index (χ0n) is 18.1. The van der Waals surface area contributed by atoms with Crippen molar-refractivity contribution in [1.29, 1.82) is 0 Å². The van der Waals surface area contributed by atoms with E-state index >= 15 is 0 Å². The average Bonchev–Trinajstić information content (AvgIpc) is 2.93. The lowest BCUT2D eigenvalue weighted by Crippen LogP contribution is -2.52. The second kappa shape index (κ2) is 7.24. The topological polar surface area (TPSA) is 69.7 Å². The van der Waals surface area contributed by atoms with E-state index in [2.05, 4.69) is 19.9 Å². The normalized spacial score (nSPS) is 45.9. The van der Waals surface area contributed by atoms with Crippen molar-refractivity contribution in [3.8, 4) is 0 Å². The van der Waals surface area contributed by atoms with Gasteiger partial charge >= 0.3 is 11.9 Å². The largest absolute Gasteiger partial charge is 0.462 e. The van der Waals surface area contributed by atoms with Crippen molar-refractivity contribution in [1.82, 2.24) is 0 Å². The maximum Gasteiger partial charge on any atom is 0.302 e. The van der Waals surface area contributed by atoms with Crippen molar-refractivity contribution >= 4 is 18.2 Å². The highest BCUT2D eigenvalue weighted by Gasteiger charge is 2.62. The summed E-state index contributed by atoms with van der Waals surface area (Å²) in [7, 11) is 0. The molecule has 4 aliphatic rings. The molecule has 3 saturated carbocycles. The van der Waals surface area contributed by atoms with Crippen molar-refractivity contribution in [2.24, 2.45) is 34.5 Å². The molecule has 29 heavy (non-hydrogen) atoms. The van der Waals surface area contributed by atoms with Gasteiger partial charge in [-0.1, -0.05) is 25.5 Å². The van der Waals surface area contributed by atoms with Crippen molar-refractivity contribution in [3.05, 3.63) is 11.6 Å². The number of fused-ring (bicyclic) bond motifs is 5. The molecule has 0 saturated heterocycles. The van der Waals surface area contributed by atoms with E-state index in [0.29, 0.717) is 18.3 Å². The Morgan fingerprint density at radius 3 is 2.48 bits per heavy atom. The second-order valence-electron chi connectivity index (χ2n) is 10.3. The fourth-order valence-electron chi connectivity index (χ4n) is 7.61. The van der Waals surface area contributed by atoms with Crippen LogP contribution in [0.1, 0.15) is 72.6 Å². The molecular formula is C24H34O5. The van der Waals surface area contributed by atoms with Gasteiger partial charge in [-0.25, -0.2) is 0 Å². The standard InChI is InChI=1S/C24H34O5/c1-14(26)28-18-7-9-23(3)17(12-18)5-6-19-20(23)8-10-24(4)21(29-15(2)27)11-16(13-25)22(19)24/h5,13,16,18-22H,6-12H2,1-4H3/t16?,18-,19+,20-,21-,22-,23-,24+/m0/s1. The minimum Gasteiger partial charge on any atom is -0.462 e. The van der Waals surface area contributed by atoms with E-state index in [1.807, 2.05) is 0 Å². The molecular weight excluding hydrogens is 368 g/mol. The minimum absolute atomic E-state index is 0.000201. The molecule has 0 bridgehead atoms. The molecule has 0 spiro atoms. The molecule has 8 atom stereocenters. The van der Waals surface area contributed by atoms with Crippen molar-refractivity contribution in [2.75, 3.05) is 0 Å². The third-order valence-electron chi connectivity index (χ3n) is 8.85. The molecule has 0 radical (unpaired) electrons. The van der Waals surface area contributed by atoms with Gasteiger partial charge in [-0.2, -0.15) is 0 Å². The number of rotatable bonds is 3. The van der Waals surface area contributed by atoms with E-state index in [9.17, 15) is 14.4 Å². The Labute approximate surface area is 173 Å². The predicted octanol–water partition coefficient (Wildman–Crippen LogP) is 4.24. The Kier molecular flexibility index (Phi) is 5.15. The summed E-state index contributed by atoms with van der Waals surface area (Å²) in [5.74, 6) is 0.778. The maximum atomic E-state index is 12.0. The summed E-state index contributed by atoms with van der Waals surface area (Å²) in [5, 5.41) is 0. The SMILES string of the molecule is CC(=O)O[C@H]1CC[C@@]2(C)C(=CC[C@H]3[C@@H]4C(C=O)C[C@H](OC(C)=O)[C@@]4(C)CC[C@@H]32)C1. The van der Waals surface area contributed by atoms with Crippen LogP contribution in [0.15, 0.2) is 11.6 Å². The molecule has 4 rings (SSSR count). The number of hydrogen-bond donors (Lipinski definition) is 0. The summed E-state index contributed by atoms with van der Waals surface area (Å²) in [6.07, 6.45) is 9.86. The zero-order valence-corrected chi connectivity index (χ0v) is 18.1. The number of carbonyl (C=O) groups is 3. The zero-order chi connectivity index (χ0) is 21.0. The first-order valence-corrected chi connectivity index (χ1v) is 11.2. The molecule has 0 N–H and O–H groups in total. The molecule has 0 aromatic heterocycles. The Morgan fingerprint density at radius 1 is 1.10 bits per heavy atom. The van der Waals surface area contributed by atoms with Crippen LogP contribution in [0.2, 0.25) is 0 Å². The van der Waals surface area contributed by atoms with Gasteiger partial charge in [0, 0.05) is 31.6 Å². The molecule has 4 aliphatic carbocycles. The fourth-order valence-corrected chi connectivity index (χ4v) is 7.61. The highest BCUT2D eigenvalue weighted by molar-refractivity contribution is 5.67. The average molecular weight is 403 g/mol. The van der Waals surface area contributed by atoms with E-state index in [1.54, 1.807) is 0 Å². The van der Waals surface area contributed by atoms with E-state index in [0.717, 1.165) is 44.8 Å². The third-order valence-corrected chi connectivity index (χ3v) is 8.85. The van der Waals surface area contributed by atoms with Gasteiger partial charge in [0.2, 0.25) is 0 Å². The summed E-state index contributed by atoms with van der Waals surface area (Å²) in [6.45, 7) is 7.58. The highest BCUT2D eigenvalue weighted by atomic mass is 16.5.